The van der Waals surface area contributed by atoms with Crippen molar-refractivity contribution >= 4 is 23.9 Å². The van der Waals surface area contributed by atoms with Crippen LogP contribution < -0.4 is 20.8 Å². The number of rotatable bonds is 11. The molecule has 1 atom stereocenters. The van der Waals surface area contributed by atoms with Gasteiger partial charge in [0.05, 0.1) is 12.3 Å². The lowest BCUT2D eigenvalue weighted by molar-refractivity contribution is -0.129. The SMILES string of the molecule is C[C@H](NC(=O)COc1ccc(/C=N/NC(=O)CC(=O)NCc2cccnc2)cc1)c1ccccc1. The highest BCUT2D eigenvalue weighted by atomic mass is 16.5. The fourth-order valence-corrected chi connectivity index (χ4v) is 3.04. The molecule has 2 aromatic carbocycles. The molecule has 0 aliphatic heterocycles. The summed E-state index contributed by atoms with van der Waals surface area (Å²) in [6.45, 7) is 2.10. The Morgan fingerprint density at radius 2 is 1.74 bits per heavy atom. The fraction of sp³-hybridized carbons (Fsp3) is 0.192. The molecule has 0 spiro atoms. The third-order valence-electron chi connectivity index (χ3n) is 4.86. The van der Waals surface area contributed by atoms with Crippen LogP contribution in [0.3, 0.4) is 0 Å². The van der Waals surface area contributed by atoms with E-state index in [9.17, 15) is 14.4 Å². The molecule has 3 rings (SSSR count). The molecule has 0 fully saturated rings. The van der Waals surface area contributed by atoms with Gasteiger partial charge >= 0.3 is 0 Å². The second-order valence-corrected chi connectivity index (χ2v) is 7.67. The van der Waals surface area contributed by atoms with Gasteiger partial charge in [0.25, 0.3) is 5.91 Å². The number of aromatic nitrogens is 1. The summed E-state index contributed by atoms with van der Waals surface area (Å²) in [5.41, 5.74) is 4.89. The van der Waals surface area contributed by atoms with Gasteiger partial charge in [-0.15, -0.1) is 0 Å². The Balaban J connectivity index is 1.35. The highest BCUT2D eigenvalue weighted by Gasteiger charge is 2.10. The molecule has 9 heteroatoms. The molecular formula is C26H27N5O4. The van der Waals surface area contributed by atoms with Crippen molar-refractivity contribution < 1.29 is 19.1 Å². The van der Waals surface area contributed by atoms with E-state index in [1.165, 1.54) is 6.21 Å². The third kappa shape index (κ3) is 9.09. The molecular weight excluding hydrogens is 446 g/mol. The summed E-state index contributed by atoms with van der Waals surface area (Å²) in [6.07, 6.45) is 4.39. The van der Waals surface area contributed by atoms with Crippen LogP contribution in [-0.4, -0.2) is 35.5 Å². The highest BCUT2D eigenvalue weighted by Crippen LogP contribution is 2.13. The molecule has 35 heavy (non-hydrogen) atoms. The van der Waals surface area contributed by atoms with Gasteiger partial charge in [0.15, 0.2) is 6.61 Å². The summed E-state index contributed by atoms with van der Waals surface area (Å²) in [4.78, 5) is 39.8. The monoisotopic (exact) mass is 473 g/mol. The number of carbonyl (C=O) groups is 3. The molecule has 180 valence electrons. The molecule has 3 amide bonds. The number of benzene rings is 2. The molecule has 0 unspecified atom stereocenters. The van der Waals surface area contributed by atoms with Gasteiger partial charge in [-0.3, -0.25) is 19.4 Å². The quantitative estimate of drug-likeness (QED) is 0.224. The van der Waals surface area contributed by atoms with Crippen molar-refractivity contribution in [2.24, 2.45) is 5.10 Å². The van der Waals surface area contributed by atoms with Gasteiger partial charge in [-0.1, -0.05) is 36.4 Å². The number of pyridine rings is 1. The van der Waals surface area contributed by atoms with E-state index < -0.39 is 11.8 Å². The lowest BCUT2D eigenvalue weighted by Crippen LogP contribution is -2.31. The van der Waals surface area contributed by atoms with Crippen LogP contribution in [0.25, 0.3) is 0 Å². The third-order valence-corrected chi connectivity index (χ3v) is 4.86. The zero-order valence-corrected chi connectivity index (χ0v) is 19.3. The van der Waals surface area contributed by atoms with Crippen LogP contribution in [0.5, 0.6) is 5.75 Å². The van der Waals surface area contributed by atoms with E-state index in [0.29, 0.717) is 17.9 Å². The standard InChI is InChI=1S/C26H27N5O4/c1-19(22-7-3-2-4-8-22)30-26(34)18-35-23-11-9-20(10-12-23)17-29-31-25(33)14-24(32)28-16-21-6-5-13-27-15-21/h2-13,15,17,19H,14,16,18H2,1H3,(H,28,32)(H,30,34)(H,31,33)/b29-17+/t19-/m0/s1. The second-order valence-electron chi connectivity index (χ2n) is 7.67. The zero-order chi connectivity index (χ0) is 24.9. The van der Waals surface area contributed by atoms with Gasteiger partial charge in [-0.05, 0) is 53.9 Å². The van der Waals surface area contributed by atoms with E-state index in [1.54, 1.807) is 42.7 Å². The average Bonchev–Trinajstić information content (AvgIpc) is 2.88. The summed E-state index contributed by atoms with van der Waals surface area (Å²) in [6, 6.07) is 20.0. The number of nitrogens with one attached hydrogen (secondary N) is 3. The topological polar surface area (TPSA) is 122 Å². The minimum absolute atomic E-state index is 0.108. The maximum atomic E-state index is 12.1. The molecule has 1 heterocycles. The van der Waals surface area contributed by atoms with E-state index in [-0.39, 0.29) is 25.0 Å². The van der Waals surface area contributed by atoms with Crippen molar-refractivity contribution in [1.82, 2.24) is 21.0 Å². The molecule has 0 saturated carbocycles. The van der Waals surface area contributed by atoms with Crippen molar-refractivity contribution in [2.45, 2.75) is 25.9 Å². The normalized spacial score (nSPS) is 11.5. The Labute approximate surface area is 203 Å². The van der Waals surface area contributed by atoms with Crippen molar-refractivity contribution in [3.8, 4) is 5.75 Å². The molecule has 3 aromatic rings. The van der Waals surface area contributed by atoms with Crippen LogP contribution in [0.2, 0.25) is 0 Å². The van der Waals surface area contributed by atoms with Crippen molar-refractivity contribution in [3.05, 3.63) is 95.8 Å². The lowest BCUT2D eigenvalue weighted by Gasteiger charge is -2.14. The predicted octanol–water partition coefficient (Wildman–Crippen LogP) is 2.49. The Kier molecular flexibility index (Phi) is 9.50. The largest absolute Gasteiger partial charge is 0.484 e. The number of hydrogen-bond donors (Lipinski definition) is 3. The van der Waals surface area contributed by atoms with Gasteiger partial charge < -0.3 is 15.4 Å². The van der Waals surface area contributed by atoms with Crippen LogP contribution in [0.1, 0.15) is 36.1 Å². The minimum atomic E-state index is -0.527. The van der Waals surface area contributed by atoms with Crippen LogP contribution in [-0.2, 0) is 20.9 Å². The molecule has 0 bridgehead atoms. The fourth-order valence-electron chi connectivity index (χ4n) is 3.04. The summed E-state index contributed by atoms with van der Waals surface area (Å²) >= 11 is 0. The molecule has 0 aliphatic rings. The van der Waals surface area contributed by atoms with Gasteiger partial charge in [0, 0.05) is 18.9 Å². The molecule has 1 aromatic heterocycles. The molecule has 0 aliphatic carbocycles. The Morgan fingerprint density at radius 1 is 0.971 bits per heavy atom. The second kappa shape index (κ2) is 13.2. The van der Waals surface area contributed by atoms with Gasteiger partial charge in [0.1, 0.15) is 12.2 Å². The molecule has 3 N–H and O–H groups in total. The number of hydrazone groups is 1. The number of nitrogens with zero attached hydrogens (tertiary/aromatic N) is 2. The van der Waals surface area contributed by atoms with E-state index in [1.807, 2.05) is 43.3 Å². The lowest BCUT2D eigenvalue weighted by atomic mass is 10.1. The van der Waals surface area contributed by atoms with Crippen molar-refractivity contribution in [1.29, 1.82) is 0 Å². The maximum Gasteiger partial charge on any atom is 0.258 e. The predicted molar refractivity (Wildman–Crippen MR) is 131 cm³/mol. The summed E-state index contributed by atoms with van der Waals surface area (Å²) in [7, 11) is 0. The zero-order valence-electron chi connectivity index (χ0n) is 19.3. The first-order valence-electron chi connectivity index (χ1n) is 11.0. The molecule has 0 radical (unpaired) electrons. The average molecular weight is 474 g/mol. The van der Waals surface area contributed by atoms with Gasteiger partial charge in [0.2, 0.25) is 11.8 Å². The van der Waals surface area contributed by atoms with E-state index in [2.05, 4.69) is 26.1 Å². The van der Waals surface area contributed by atoms with Gasteiger partial charge in [-0.2, -0.15) is 5.10 Å². The first kappa shape index (κ1) is 25.1. The molecule has 0 saturated heterocycles. The van der Waals surface area contributed by atoms with Crippen molar-refractivity contribution in [3.63, 3.8) is 0 Å². The van der Waals surface area contributed by atoms with E-state index >= 15 is 0 Å². The number of hydrogen-bond acceptors (Lipinski definition) is 6. The number of ether oxygens (including phenoxy) is 1. The summed E-state index contributed by atoms with van der Waals surface area (Å²) in [5.74, 6) is -0.635. The Morgan fingerprint density at radius 3 is 2.46 bits per heavy atom. The molecule has 9 nitrogen and oxygen atoms in total. The van der Waals surface area contributed by atoms with Crippen LogP contribution in [0.4, 0.5) is 0 Å². The summed E-state index contributed by atoms with van der Waals surface area (Å²) < 4.78 is 5.53. The Hall–Kier alpha value is -4.53. The number of amides is 3. The van der Waals surface area contributed by atoms with Crippen LogP contribution in [0, 0.1) is 0 Å². The minimum Gasteiger partial charge on any atom is -0.484 e. The maximum absolute atomic E-state index is 12.1. The van der Waals surface area contributed by atoms with Gasteiger partial charge in [-0.25, -0.2) is 5.43 Å². The first-order valence-corrected chi connectivity index (χ1v) is 11.0. The first-order chi connectivity index (χ1) is 17.0. The number of carbonyl (C=O) groups excluding carboxylic acids is 3. The van der Waals surface area contributed by atoms with E-state index in [4.69, 9.17) is 4.74 Å². The van der Waals surface area contributed by atoms with Crippen molar-refractivity contribution in [2.75, 3.05) is 6.61 Å². The summed E-state index contributed by atoms with van der Waals surface area (Å²) in [5, 5.41) is 9.40. The Bertz CT molecular complexity index is 1140. The van der Waals surface area contributed by atoms with E-state index in [0.717, 1.165) is 11.1 Å². The van der Waals surface area contributed by atoms with Crippen LogP contribution in [0.15, 0.2) is 84.2 Å². The van der Waals surface area contributed by atoms with Crippen LogP contribution >= 0.6 is 0 Å². The highest BCUT2D eigenvalue weighted by molar-refractivity contribution is 5.97. The smallest absolute Gasteiger partial charge is 0.258 e.